The van der Waals surface area contributed by atoms with Gasteiger partial charge in [0.05, 0.1) is 11.3 Å². The Balaban J connectivity index is 2.14. The highest BCUT2D eigenvalue weighted by Crippen LogP contribution is 2.23. The van der Waals surface area contributed by atoms with Crippen LogP contribution >= 0.6 is 11.6 Å². The molecule has 114 valence electrons. The Morgan fingerprint density at radius 2 is 2.14 bits per heavy atom. The standard InChI is InChI=1S/C14H17ClN2O3S/c1-10(7-12-3-2-6-20-12)17-21(18,19)14-5-4-11(9-16)8-13(14)15/h2-6,8,10,17H,7,9,16H2,1H3. The monoisotopic (exact) mass is 328 g/mol. The van der Waals surface area contributed by atoms with E-state index in [0.717, 1.165) is 11.3 Å². The minimum Gasteiger partial charge on any atom is -0.469 e. The summed E-state index contributed by atoms with van der Waals surface area (Å²) in [5, 5.41) is 0.163. The van der Waals surface area contributed by atoms with E-state index >= 15 is 0 Å². The molecule has 2 aromatic rings. The summed E-state index contributed by atoms with van der Waals surface area (Å²) in [6.07, 6.45) is 2.02. The first kappa shape index (κ1) is 16.0. The van der Waals surface area contributed by atoms with E-state index in [1.807, 2.05) is 0 Å². The largest absolute Gasteiger partial charge is 0.469 e. The third-order valence-electron chi connectivity index (χ3n) is 2.97. The predicted molar refractivity (Wildman–Crippen MR) is 81.5 cm³/mol. The summed E-state index contributed by atoms with van der Waals surface area (Å²) >= 11 is 6.03. The molecule has 0 radical (unpaired) electrons. The van der Waals surface area contributed by atoms with Crippen molar-refractivity contribution in [1.29, 1.82) is 0 Å². The van der Waals surface area contributed by atoms with Gasteiger partial charge in [0, 0.05) is 19.0 Å². The molecule has 1 heterocycles. The van der Waals surface area contributed by atoms with Gasteiger partial charge in [0.15, 0.2) is 0 Å². The molecule has 0 saturated heterocycles. The fourth-order valence-corrected chi connectivity index (χ4v) is 3.80. The lowest BCUT2D eigenvalue weighted by atomic mass is 10.2. The lowest BCUT2D eigenvalue weighted by Crippen LogP contribution is -2.34. The summed E-state index contributed by atoms with van der Waals surface area (Å²) in [5.74, 6) is 0.717. The van der Waals surface area contributed by atoms with Crippen LogP contribution in [0.5, 0.6) is 0 Å². The Bertz CT molecular complexity index is 699. The first-order chi connectivity index (χ1) is 9.92. The molecule has 2 rings (SSSR count). The van der Waals surface area contributed by atoms with Crippen LogP contribution in [0, 0.1) is 0 Å². The molecule has 0 aliphatic heterocycles. The molecule has 0 aliphatic rings. The first-order valence-electron chi connectivity index (χ1n) is 6.45. The van der Waals surface area contributed by atoms with Gasteiger partial charge < -0.3 is 10.2 Å². The maximum absolute atomic E-state index is 12.3. The van der Waals surface area contributed by atoms with Crippen molar-refractivity contribution >= 4 is 21.6 Å². The lowest BCUT2D eigenvalue weighted by Gasteiger charge is -2.14. The highest BCUT2D eigenvalue weighted by molar-refractivity contribution is 7.89. The smallest absolute Gasteiger partial charge is 0.242 e. The molecule has 1 unspecified atom stereocenters. The zero-order chi connectivity index (χ0) is 15.5. The molecule has 3 N–H and O–H groups in total. The van der Waals surface area contributed by atoms with Gasteiger partial charge >= 0.3 is 0 Å². The van der Waals surface area contributed by atoms with Crippen LogP contribution in [0.25, 0.3) is 0 Å². The number of furan rings is 1. The normalized spacial score (nSPS) is 13.3. The second kappa shape index (κ2) is 6.62. The lowest BCUT2D eigenvalue weighted by molar-refractivity contribution is 0.479. The Morgan fingerprint density at radius 3 is 2.71 bits per heavy atom. The number of nitrogens with two attached hydrogens (primary N) is 1. The van der Waals surface area contributed by atoms with E-state index < -0.39 is 10.0 Å². The zero-order valence-electron chi connectivity index (χ0n) is 11.5. The molecule has 1 aromatic carbocycles. The van der Waals surface area contributed by atoms with Crippen LogP contribution in [0.15, 0.2) is 45.9 Å². The number of nitrogens with one attached hydrogen (secondary N) is 1. The van der Waals surface area contributed by atoms with Gasteiger partial charge in [-0.2, -0.15) is 0 Å². The average molecular weight is 329 g/mol. The van der Waals surface area contributed by atoms with Crippen LogP contribution in [0.2, 0.25) is 5.02 Å². The van der Waals surface area contributed by atoms with Crippen molar-refractivity contribution in [2.45, 2.75) is 30.8 Å². The van der Waals surface area contributed by atoms with Crippen LogP contribution < -0.4 is 10.5 Å². The topological polar surface area (TPSA) is 85.3 Å². The van der Waals surface area contributed by atoms with E-state index in [-0.39, 0.29) is 16.0 Å². The Morgan fingerprint density at radius 1 is 1.38 bits per heavy atom. The number of rotatable bonds is 6. The van der Waals surface area contributed by atoms with Crippen molar-refractivity contribution in [1.82, 2.24) is 4.72 Å². The molecule has 7 heteroatoms. The van der Waals surface area contributed by atoms with Gasteiger partial charge in [-0.3, -0.25) is 0 Å². The number of hydrogen-bond donors (Lipinski definition) is 2. The van der Waals surface area contributed by atoms with Crippen LogP contribution in [-0.4, -0.2) is 14.5 Å². The van der Waals surface area contributed by atoms with E-state index in [4.69, 9.17) is 21.8 Å². The minimum absolute atomic E-state index is 0.0488. The van der Waals surface area contributed by atoms with E-state index in [1.54, 1.807) is 37.5 Å². The fraction of sp³-hybridized carbons (Fsp3) is 0.286. The molecular formula is C14H17ClN2O3S. The molecule has 0 aliphatic carbocycles. The van der Waals surface area contributed by atoms with Gasteiger partial charge in [0.1, 0.15) is 10.7 Å². The van der Waals surface area contributed by atoms with Gasteiger partial charge in [0.25, 0.3) is 0 Å². The van der Waals surface area contributed by atoms with Gasteiger partial charge in [0.2, 0.25) is 10.0 Å². The van der Waals surface area contributed by atoms with Crippen molar-refractivity contribution in [3.05, 3.63) is 52.9 Å². The molecule has 1 atom stereocenters. The summed E-state index contributed by atoms with van der Waals surface area (Å²) in [6, 6.07) is 7.93. The molecule has 5 nitrogen and oxygen atoms in total. The molecule has 0 spiro atoms. The van der Waals surface area contributed by atoms with Crippen molar-refractivity contribution < 1.29 is 12.8 Å². The highest BCUT2D eigenvalue weighted by atomic mass is 35.5. The van der Waals surface area contributed by atoms with Crippen molar-refractivity contribution in [2.24, 2.45) is 5.73 Å². The molecular weight excluding hydrogens is 312 g/mol. The summed E-state index contributed by atoms with van der Waals surface area (Å²) in [4.78, 5) is 0.0488. The number of benzene rings is 1. The summed E-state index contributed by atoms with van der Waals surface area (Å²) in [6.45, 7) is 2.07. The molecule has 0 bridgehead atoms. The van der Waals surface area contributed by atoms with Gasteiger partial charge in [-0.1, -0.05) is 17.7 Å². The maximum Gasteiger partial charge on any atom is 0.242 e. The van der Waals surface area contributed by atoms with Gasteiger partial charge in [-0.05, 0) is 36.8 Å². The summed E-state index contributed by atoms with van der Waals surface area (Å²) in [5.41, 5.74) is 6.28. The first-order valence-corrected chi connectivity index (χ1v) is 8.31. The molecule has 1 aromatic heterocycles. The molecule has 0 saturated carbocycles. The van der Waals surface area contributed by atoms with Crippen molar-refractivity contribution in [3.63, 3.8) is 0 Å². The Hall–Kier alpha value is -1.34. The van der Waals surface area contributed by atoms with Crippen LogP contribution in [-0.2, 0) is 23.0 Å². The minimum atomic E-state index is -3.68. The third-order valence-corrected chi connectivity index (χ3v) is 5.04. The number of halogens is 1. The zero-order valence-corrected chi connectivity index (χ0v) is 13.1. The molecule has 21 heavy (non-hydrogen) atoms. The second-order valence-corrected chi connectivity index (χ2v) is 6.86. The van der Waals surface area contributed by atoms with Crippen LogP contribution in [0.4, 0.5) is 0 Å². The van der Waals surface area contributed by atoms with Gasteiger partial charge in [-0.25, -0.2) is 13.1 Å². The number of hydrogen-bond acceptors (Lipinski definition) is 4. The summed E-state index contributed by atoms with van der Waals surface area (Å²) < 4.78 is 32.5. The van der Waals surface area contributed by atoms with Crippen LogP contribution in [0.3, 0.4) is 0 Å². The van der Waals surface area contributed by atoms with Crippen molar-refractivity contribution in [2.75, 3.05) is 0 Å². The average Bonchev–Trinajstić information content (AvgIpc) is 2.90. The van der Waals surface area contributed by atoms with Crippen molar-refractivity contribution in [3.8, 4) is 0 Å². The Labute approximate surface area is 129 Å². The third kappa shape index (κ3) is 4.07. The highest BCUT2D eigenvalue weighted by Gasteiger charge is 2.21. The SMILES string of the molecule is CC(Cc1ccco1)NS(=O)(=O)c1ccc(CN)cc1Cl. The Kier molecular flexibility index (Phi) is 5.05. The molecule has 0 amide bonds. The van der Waals surface area contributed by atoms with E-state index in [9.17, 15) is 8.42 Å². The predicted octanol–water partition coefficient (Wildman–Crippen LogP) is 2.30. The van der Waals surface area contributed by atoms with E-state index in [1.165, 1.54) is 6.07 Å². The van der Waals surface area contributed by atoms with E-state index in [2.05, 4.69) is 4.72 Å². The van der Waals surface area contributed by atoms with Crippen LogP contribution in [0.1, 0.15) is 18.2 Å². The maximum atomic E-state index is 12.3. The number of sulfonamides is 1. The van der Waals surface area contributed by atoms with E-state index in [0.29, 0.717) is 13.0 Å². The quantitative estimate of drug-likeness (QED) is 0.852. The fourth-order valence-electron chi connectivity index (χ4n) is 1.99. The second-order valence-electron chi connectivity index (χ2n) is 4.77. The van der Waals surface area contributed by atoms with Gasteiger partial charge in [-0.15, -0.1) is 0 Å². The summed E-state index contributed by atoms with van der Waals surface area (Å²) in [7, 11) is -3.68. The molecule has 0 fully saturated rings.